The fourth-order valence-electron chi connectivity index (χ4n) is 1.08. The van der Waals surface area contributed by atoms with Gasteiger partial charge in [0.25, 0.3) is 0 Å². The number of primary amides is 2. The number of hydrogen-bond acceptors (Lipinski definition) is 4. The molecule has 0 aromatic heterocycles. The SMILES string of the molecule is NC(=O)CCCNC(=O)NC(CC(N)=O)C(=O)O. The van der Waals surface area contributed by atoms with E-state index in [4.69, 9.17) is 16.6 Å². The molecule has 1 atom stereocenters. The Morgan fingerprint density at radius 3 is 2.17 bits per heavy atom. The van der Waals surface area contributed by atoms with Gasteiger partial charge in [-0.2, -0.15) is 0 Å². The first-order valence-corrected chi connectivity index (χ1v) is 5.16. The van der Waals surface area contributed by atoms with Gasteiger partial charge < -0.3 is 27.2 Å². The molecule has 9 nitrogen and oxygen atoms in total. The lowest BCUT2D eigenvalue weighted by Gasteiger charge is -2.13. The molecule has 0 aliphatic carbocycles. The molecule has 0 aliphatic heterocycles. The molecular formula is C9H16N4O5. The van der Waals surface area contributed by atoms with Gasteiger partial charge in [0, 0.05) is 13.0 Å². The van der Waals surface area contributed by atoms with Crippen LogP contribution in [0.3, 0.4) is 0 Å². The third-order valence-electron chi connectivity index (χ3n) is 1.89. The molecule has 0 fully saturated rings. The zero-order valence-corrected chi connectivity index (χ0v) is 9.64. The van der Waals surface area contributed by atoms with Crippen molar-refractivity contribution in [1.82, 2.24) is 10.6 Å². The maximum Gasteiger partial charge on any atom is 0.326 e. The van der Waals surface area contributed by atoms with Crippen LogP contribution in [0.1, 0.15) is 19.3 Å². The van der Waals surface area contributed by atoms with Crippen molar-refractivity contribution in [2.75, 3.05) is 6.54 Å². The summed E-state index contributed by atoms with van der Waals surface area (Å²) in [5.74, 6) is -2.69. The Balaban J connectivity index is 3.99. The van der Waals surface area contributed by atoms with Gasteiger partial charge in [-0.05, 0) is 6.42 Å². The second-order valence-electron chi connectivity index (χ2n) is 3.53. The van der Waals surface area contributed by atoms with E-state index in [2.05, 4.69) is 10.6 Å². The predicted octanol–water partition coefficient (Wildman–Crippen LogP) is -2.12. The average molecular weight is 260 g/mol. The first kappa shape index (κ1) is 15.7. The quantitative estimate of drug-likeness (QED) is 0.314. The predicted molar refractivity (Wildman–Crippen MR) is 60.2 cm³/mol. The molecule has 0 radical (unpaired) electrons. The van der Waals surface area contributed by atoms with Crippen LogP contribution in [0.25, 0.3) is 0 Å². The number of hydrogen-bond donors (Lipinski definition) is 5. The molecule has 0 aliphatic rings. The summed E-state index contributed by atoms with van der Waals surface area (Å²) in [6.07, 6.45) is -0.0374. The Kier molecular flexibility index (Phi) is 6.86. The largest absolute Gasteiger partial charge is 0.480 e. The minimum absolute atomic E-state index is 0.115. The number of amides is 4. The first-order chi connectivity index (χ1) is 8.32. The normalized spacial score (nSPS) is 11.3. The maximum absolute atomic E-state index is 11.2. The standard InChI is InChI=1S/C9H16N4O5/c10-6(14)2-1-3-12-9(18)13-5(8(16)17)4-7(11)15/h5H,1-4H2,(H2,10,14)(H2,11,15)(H,16,17)(H2,12,13,18). The summed E-state index contributed by atoms with van der Waals surface area (Å²) in [5, 5.41) is 13.1. The van der Waals surface area contributed by atoms with E-state index in [1.165, 1.54) is 0 Å². The number of carboxylic acids is 1. The van der Waals surface area contributed by atoms with E-state index in [0.29, 0.717) is 6.42 Å². The molecule has 0 spiro atoms. The third kappa shape index (κ3) is 7.91. The van der Waals surface area contributed by atoms with Gasteiger partial charge in [-0.3, -0.25) is 9.59 Å². The van der Waals surface area contributed by atoms with Crippen LogP contribution in [0.2, 0.25) is 0 Å². The summed E-state index contributed by atoms with van der Waals surface area (Å²) in [4.78, 5) is 42.9. The number of aliphatic carboxylic acids is 1. The fourth-order valence-corrected chi connectivity index (χ4v) is 1.08. The summed E-state index contributed by atoms with van der Waals surface area (Å²) in [6, 6.07) is -2.13. The van der Waals surface area contributed by atoms with E-state index in [1.807, 2.05) is 0 Å². The molecule has 102 valence electrons. The zero-order valence-electron chi connectivity index (χ0n) is 9.64. The molecule has 18 heavy (non-hydrogen) atoms. The Labute approximate surface area is 103 Å². The number of carbonyl (C=O) groups excluding carboxylic acids is 3. The lowest BCUT2D eigenvalue weighted by molar-refractivity contribution is -0.140. The first-order valence-electron chi connectivity index (χ1n) is 5.16. The highest BCUT2D eigenvalue weighted by Gasteiger charge is 2.21. The Morgan fingerprint density at radius 2 is 1.72 bits per heavy atom. The van der Waals surface area contributed by atoms with E-state index in [9.17, 15) is 19.2 Å². The highest BCUT2D eigenvalue weighted by molar-refractivity contribution is 5.87. The molecule has 7 N–H and O–H groups in total. The smallest absolute Gasteiger partial charge is 0.326 e. The number of urea groups is 1. The lowest BCUT2D eigenvalue weighted by atomic mass is 10.2. The number of carbonyl (C=O) groups is 4. The molecule has 0 aromatic rings. The van der Waals surface area contributed by atoms with E-state index >= 15 is 0 Å². The van der Waals surface area contributed by atoms with Crippen molar-refractivity contribution in [3.05, 3.63) is 0 Å². The molecule has 9 heteroatoms. The van der Waals surface area contributed by atoms with Gasteiger partial charge >= 0.3 is 12.0 Å². The van der Waals surface area contributed by atoms with Crippen molar-refractivity contribution in [2.24, 2.45) is 11.5 Å². The summed E-state index contributed by atoms with van der Waals surface area (Å²) >= 11 is 0. The van der Waals surface area contributed by atoms with Crippen LogP contribution in [0.15, 0.2) is 0 Å². The second kappa shape index (κ2) is 7.87. The van der Waals surface area contributed by atoms with Crippen molar-refractivity contribution in [3.8, 4) is 0 Å². The monoisotopic (exact) mass is 260 g/mol. The summed E-state index contributed by atoms with van der Waals surface area (Å²) < 4.78 is 0. The van der Waals surface area contributed by atoms with Crippen LogP contribution in [-0.2, 0) is 14.4 Å². The molecular weight excluding hydrogens is 244 g/mol. The summed E-state index contributed by atoms with van der Waals surface area (Å²) in [6.45, 7) is 0.164. The number of nitrogens with one attached hydrogen (secondary N) is 2. The Hall–Kier alpha value is -2.32. The van der Waals surface area contributed by atoms with Gasteiger partial charge in [0.1, 0.15) is 6.04 Å². The Bertz CT molecular complexity index is 344. The maximum atomic E-state index is 11.2. The highest BCUT2D eigenvalue weighted by atomic mass is 16.4. The zero-order chi connectivity index (χ0) is 14.1. The van der Waals surface area contributed by atoms with Gasteiger partial charge in [-0.15, -0.1) is 0 Å². The number of rotatable bonds is 8. The molecule has 0 rings (SSSR count). The minimum Gasteiger partial charge on any atom is -0.480 e. The van der Waals surface area contributed by atoms with Crippen LogP contribution >= 0.6 is 0 Å². The third-order valence-corrected chi connectivity index (χ3v) is 1.89. The van der Waals surface area contributed by atoms with Gasteiger partial charge in [0.15, 0.2) is 0 Å². The van der Waals surface area contributed by atoms with E-state index < -0.39 is 36.3 Å². The van der Waals surface area contributed by atoms with Crippen molar-refractivity contribution < 1.29 is 24.3 Å². The summed E-state index contributed by atoms with van der Waals surface area (Å²) in [7, 11) is 0. The molecule has 0 heterocycles. The van der Waals surface area contributed by atoms with Crippen LogP contribution in [-0.4, -0.2) is 41.5 Å². The van der Waals surface area contributed by atoms with Crippen molar-refractivity contribution in [2.45, 2.75) is 25.3 Å². The molecule has 1 unspecified atom stereocenters. The Morgan fingerprint density at radius 1 is 1.11 bits per heavy atom. The van der Waals surface area contributed by atoms with Crippen LogP contribution < -0.4 is 22.1 Å². The summed E-state index contributed by atoms with van der Waals surface area (Å²) in [5.41, 5.74) is 9.72. The molecule has 0 saturated heterocycles. The van der Waals surface area contributed by atoms with Crippen LogP contribution in [0, 0.1) is 0 Å². The molecule has 4 amide bonds. The van der Waals surface area contributed by atoms with Crippen molar-refractivity contribution >= 4 is 23.8 Å². The van der Waals surface area contributed by atoms with Gasteiger partial charge in [0.05, 0.1) is 6.42 Å². The second-order valence-corrected chi connectivity index (χ2v) is 3.53. The van der Waals surface area contributed by atoms with Crippen molar-refractivity contribution in [1.29, 1.82) is 0 Å². The lowest BCUT2D eigenvalue weighted by Crippen LogP contribution is -2.47. The van der Waals surface area contributed by atoms with Gasteiger partial charge in [-0.25, -0.2) is 9.59 Å². The fraction of sp³-hybridized carbons (Fsp3) is 0.556. The van der Waals surface area contributed by atoms with Gasteiger partial charge in [0.2, 0.25) is 11.8 Å². The van der Waals surface area contributed by atoms with E-state index in [1.54, 1.807) is 0 Å². The number of nitrogens with two attached hydrogens (primary N) is 2. The van der Waals surface area contributed by atoms with Crippen molar-refractivity contribution in [3.63, 3.8) is 0 Å². The van der Waals surface area contributed by atoms with Crippen LogP contribution in [0.5, 0.6) is 0 Å². The van der Waals surface area contributed by atoms with E-state index in [-0.39, 0.29) is 13.0 Å². The highest BCUT2D eigenvalue weighted by Crippen LogP contribution is 1.92. The number of carboxylic acid groups (broad SMARTS) is 1. The van der Waals surface area contributed by atoms with Crippen LogP contribution in [0.4, 0.5) is 4.79 Å². The molecule has 0 bridgehead atoms. The molecule has 0 saturated carbocycles. The molecule has 0 aromatic carbocycles. The minimum atomic E-state index is -1.38. The van der Waals surface area contributed by atoms with E-state index in [0.717, 1.165) is 0 Å². The average Bonchev–Trinajstić information content (AvgIpc) is 2.22. The topological polar surface area (TPSA) is 165 Å². The van der Waals surface area contributed by atoms with Gasteiger partial charge in [-0.1, -0.05) is 0 Å².